The van der Waals surface area contributed by atoms with Crippen molar-refractivity contribution in [3.05, 3.63) is 74.9 Å². The molecule has 3 rings (SSSR count). The lowest BCUT2D eigenvalue weighted by Crippen LogP contribution is -2.12. The van der Waals surface area contributed by atoms with Gasteiger partial charge in [0.15, 0.2) is 12.4 Å². The van der Waals surface area contributed by atoms with Crippen molar-refractivity contribution in [2.45, 2.75) is 6.92 Å². The van der Waals surface area contributed by atoms with E-state index in [-0.39, 0.29) is 22.9 Å². The summed E-state index contributed by atoms with van der Waals surface area (Å²) in [5, 5.41) is 0.967. The summed E-state index contributed by atoms with van der Waals surface area (Å²) < 4.78 is 23.7. The molecule has 0 spiro atoms. The average molecular weight is 347 g/mol. The molecule has 1 heterocycles. The van der Waals surface area contributed by atoms with E-state index in [2.05, 4.69) is 0 Å². The Balaban J connectivity index is 1.86. The molecule has 4 nitrogen and oxygen atoms in total. The molecule has 2 aromatic carbocycles. The fraction of sp³-hybridized carbons (Fsp3) is 0.111. The van der Waals surface area contributed by atoms with Crippen LogP contribution >= 0.6 is 11.6 Å². The normalized spacial score (nSPS) is 10.8. The number of Topliss-reactive ketones (excluding diaryl/α,β-unsaturated/α-hetero) is 1. The number of carbonyl (C=O) groups excluding carboxylic acids is 1. The number of hydrogen-bond acceptors (Lipinski definition) is 4. The quantitative estimate of drug-likeness (QED) is 0.526. The van der Waals surface area contributed by atoms with Gasteiger partial charge < -0.3 is 9.15 Å². The van der Waals surface area contributed by atoms with Crippen molar-refractivity contribution in [3.63, 3.8) is 0 Å². The summed E-state index contributed by atoms with van der Waals surface area (Å²) in [5.74, 6) is -0.680. The minimum absolute atomic E-state index is 0.203. The highest BCUT2D eigenvalue weighted by Crippen LogP contribution is 2.31. The van der Waals surface area contributed by atoms with Gasteiger partial charge in [-0.25, -0.2) is 9.18 Å². The lowest BCUT2D eigenvalue weighted by atomic mass is 10.1. The molecule has 0 fully saturated rings. The smallest absolute Gasteiger partial charge is 0.336 e. The summed E-state index contributed by atoms with van der Waals surface area (Å²) in [5.41, 5.74) is 0.765. The molecule has 0 atom stereocenters. The maximum Gasteiger partial charge on any atom is 0.336 e. The Morgan fingerprint density at radius 3 is 2.79 bits per heavy atom. The van der Waals surface area contributed by atoms with Crippen LogP contribution in [0, 0.1) is 12.7 Å². The largest absolute Gasteiger partial charge is 0.484 e. The van der Waals surface area contributed by atoms with E-state index in [4.69, 9.17) is 20.8 Å². The van der Waals surface area contributed by atoms with Gasteiger partial charge in [0.1, 0.15) is 17.1 Å². The van der Waals surface area contributed by atoms with E-state index >= 15 is 0 Å². The van der Waals surface area contributed by atoms with Gasteiger partial charge in [0, 0.05) is 23.1 Å². The van der Waals surface area contributed by atoms with Crippen molar-refractivity contribution < 1.29 is 18.3 Å². The summed E-state index contributed by atoms with van der Waals surface area (Å²) in [7, 11) is 0. The van der Waals surface area contributed by atoms with Crippen LogP contribution in [-0.2, 0) is 0 Å². The lowest BCUT2D eigenvalue weighted by molar-refractivity contribution is 0.0921. The highest BCUT2D eigenvalue weighted by molar-refractivity contribution is 6.32. The van der Waals surface area contributed by atoms with E-state index in [0.717, 1.165) is 11.6 Å². The van der Waals surface area contributed by atoms with Gasteiger partial charge in [0.05, 0.1) is 5.02 Å². The first-order chi connectivity index (χ1) is 11.4. The first-order valence-corrected chi connectivity index (χ1v) is 7.47. The van der Waals surface area contributed by atoms with Crippen LogP contribution in [0.3, 0.4) is 0 Å². The summed E-state index contributed by atoms with van der Waals surface area (Å²) >= 11 is 6.15. The van der Waals surface area contributed by atoms with Gasteiger partial charge in [-0.1, -0.05) is 23.7 Å². The average Bonchev–Trinajstić information content (AvgIpc) is 2.53. The molecule has 0 radical (unpaired) electrons. The van der Waals surface area contributed by atoms with Gasteiger partial charge in [0.2, 0.25) is 0 Å². The molecule has 1 aromatic heterocycles. The van der Waals surface area contributed by atoms with Gasteiger partial charge in [0.25, 0.3) is 0 Å². The molecule has 24 heavy (non-hydrogen) atoms. The first kappa shape index (κ1) is 16.2. The van der Waals surface area contributed by atoms with Crippen LogP contribution in [0.1, 0.15) is 15.9 Å². The van der Waals surface area contributed by atoms with E-state index in [9.17, 15) is 14.0 Å². The van der Waals surface area contributed by atoms with Crippen LogP contribution in [0.5, 0.6) is 5.75 Å². The molecule has 0 aliphatic heterocycles. The van der Waals surface area contributed by atoms with Crippen molar-refractivity contribution in [1.82, 2.24) is 0 Å². The lowest BCUT2D eigenvalue weighted by Gasteiger charge is -2.09. The Kier molecular flexibility index (Phi) is 4.36. The van der Waals surface area contributed by atoms with Crippen molar-refractivity contribution in [1.29, 1.82) is 0 Å². The molecule has 0 aliphatic carbocycles. The number of rotatable bonds is 4. The SMILES string of the molecule is Cc1cc(=O)oc2cc(OCC(=O)c3cccc(F)c3)c(Cl)cc12. The van der Waals surface area contributed by atoms with Crippen LogP contribution in [0.4, 0.5) is 4.39 Å². The van der Waals surface area contributed by atoms with E-state index in [0.29, 0.717) is 11.0 Å². The maximum absolute atomic E-state index is 13.1. The molecule has 0 N–H and O–H groups in total. The van der Waals surface area contributed by atoms with Crippen molar-refractivity contribution >= 4 is 28.4 Å². The Morgan fingerprint density at radius 2 is 2.04 bits per heavy atom. The minimum atomic E-state index is -0.498. The van der Waals surface area contributed by atoms with E-state index in [1.165, 1.54) is 30.3 Å². The molecular weight excluding hydrogens is 335 g/mol. The minimum Gasteiger partial charge on any atom is -0.484 e. The number of ether oxygens (including phenoxy) is 1. The third-order valence-electron chi connectivity index (χ3n) is 3.51. The Hall–Kier alpha value is -2.66. The zero-order valence-corrected chi connectivity index (χ0v) is 13.4. The molecule has 0 unspecified atom stereocenters. The van der Waals surface area contributed by atoms with Crippen molar-refractivity contribution in [3.8, 4) is 5.75 Å². The van der Waals surface area contributed by atoms with E-state index in [1.807, 2.05) is 0 Å². The van der Waals surface area contributed by atoms with Crippen LogP contribution in [0.2, 0.25) is 5.02 Å². The second-order valence-electron chi connectivity index (χ2n) is 5.25. The number of carbonyl (C=O) groups is 1. The number of hydrogen-bond donors (Lipinski definition) is 0. The molecule has 122 valence electrons. The number of aryl methyl sites for hydroxylation is 1. The number of halogens is 2. The number of fused-ring (bicyclic) bond motifs is 1. The van der Waals surface area contributed by atoms with Gasteiger partial charge in [-0.3, -0.25) is 4.79 Å². The summed E-state index contributed by atoms with van der Waals surface area (Å²) in [6, 6.07) is 9.77. The van der Waals surface area contributed by atoms with Gasteiger partial charge in [-0.2, -0.15) is 0 Å². The predicted molar refractivity (Wildman–Crippen MR) is 88.5 cm³/mol. The predicted octanol–water partition coefficient (Wildman–Crippen LogP) is 4.16. The van der Waals surface area contributed by atoms with E-state index in [1.54, 1.807) is 13.0 Å². The highest BCUT2D eigenvalue weighted by atomic mass is 35.5. The fourth-order valence-corrected chi connectivity index (χ4v) is 2.54. The van der Waals surface area contributed by atoms with Crippen LogP contribution in [0.15, 0.2) is 51.7 Å². The molecule has 0 saturated heterocycles. The molecule has 0 saturated carbocycles. The second kappa shape index (κ2) is 6.45. The topological polar surface area (TPSA) is 56.5 Å². The van der Waals surface area contributed by atoms with E-state index < -0.39 is 17.2 Å². The zero-order valence-electron chi connectivity index (χ0n) is 12.6. The fourth-order valence-electron chi connectivity index (χ4n) is 2.32. The second-order valence-corrected chi connectivity index (χ2v) is 5.66. The third-order valence-corrected chi connectivity index (χ3v) is 3.80. The van der Waals surface area contributed by atoms with Crippen LogP contribution < -0.4 is 10.4 Å². The van der Waals surface area contributed by atoms with Gasteiger partial charge in [-0.05, 0) is 30.7 Å². The summed E-state index contributed by atoms with van der Waals surface area (Å²) in [6.45, 7) is 1.45. The Morgan fingerprint density at radius 1 is 1.25 bits per heavy atom. The molecule has 0 aliphatic rings. The standard InChI is InChI=1S/C18H12ClFO4/c1-10-5-18(22)24-16-8-17(14(19)7-13(10)16)23-9-15(21)11-3-2-4-12(20)6-11/h2-8H,9H2,1H3. The maximum atomic E-state index is 13.1. The van der Waals surface area contributed by atoms with Gasteiger partial charge >= 0.3 is 5.63 Å². The first-order valence-electron chi connectivity index (χ1n) is 7.09. The highest BCUT2D eigenvalue weighted by Gasteiger charge is 2.12. The molecule has 6 heteroatoms. The molecule has 0 amide bonds. The number of ketones is 1. The Labute approximate surface area is 141 Å². The molecule has 0 bridgehead atoms. The summed E-state index contributed by atoms with van der Waals surface area (Å²) in [6.07, 6.45) is 0. The molecule has 3 aromatic rings. The van der Waals surface area contributed by atoms with Crippen molar-refractivity contribution in [2.24, 2.45) is 0 Å². The third kappa shape index (κ3) is 3.31. The monoisotopic (exact) mass is 346 g/mol. The molecular formula is C18H12ClFO4. The van der Waals surface area contributed by atoms with Crippen LogP contribution in [-0.4, -0.2) is 12.4 Å². The van der Waals surface area contributed by atoms with Gasteiger partial charge in [-0.15, -0.1) is 0 Å². The Bertz CT molecular complexity index is 994. The van der Waals surface area contributed by atoms with Crippen molar-refractivity contribution in [2.75, 3.05) is 6.61 Å². The summed E-state index contributed by atoms with van der Waals surface area (Å²) in [4.78, 5) is 23.5. The number of benzene rings is 2. The van der Waals surface area contributed by atoms with Crippen LogP contribution in [0.25, 0.3) is 11.0 Å². The zero-order chi connectivity index (χ0) is 17.3.